The van der Waals surface area contributed by atoms with Crippen molar-refractivity contribution < 1.29 is 0 Å². The van der Waals surface area contributed by atoms with E-state index >= 15 is 0 Å². The zero-order valence-electron chi connectivity index (χ0n) is 19.0. The first-order valence-corrected chi connectivity index (χ1v) is 12.0. The van der Waals surface area contributed by atoms with Gasteiger partial charge in [-0.2, -0.15) is 0 Å². The molecule has 1 aliphatic carbocycles. The smallest absolute Gasteiger partial charge is 0.00779 e. The van der Waals surface area contributed by atoms with Crippen LogP contribution in [0.5, 0.6) is 0 Å². The maximum atomic E-state index is 2.52. The van der Waals surface area contributed by atoms with Gasteiger partial charge in [0.2, 0.25) is 0 Å². The van der Waals surface area contributed by atoms with E-state index in [1.54, 1.807) is 16.7 Å². The molecule has 1 aliphatic rings. The Kier molecular flexibility index (Phi) is 6.72. The summed E-state index contributed by atoms with van der Waals surface area (Å²) >= 11 is 0. The molecule has 0 heterocycles. The fourth-order valence-electron chi connectivity index (χ4n) is 5.18. The van der Waals surface area contributed by atoms with E-state index in [1.807, 2.05) is 0 Å². The Labute approximate surface area is 183 Å². The highest BCUT2D eigenvalue weighted by Crippen LogP contribution is 2.39. The molecular formula is C30H36. The summed E-state index contributed by atoms with van der Waals surface area (Å²) in [5.41, 5.74) is 12.0. The van der Waals surface area contributed by atoms with E-state index in [2.05, 4.69) is 81.4 Å². The van der Waals surface area contributed by atoms with Gasteiger partial charge in [0, 0.05) is 0 Å². The van der Waals surface area contributed by atoms with Crippen molar-refractivity contribution in [1.29, 1.82) is 0 Å². The lowest BCUT2D eigenvalue weighted by Crippen LogP contribution is -2.09. The Morgan fingerprint density at radius 3 is 2.27 bits per heavy atom. The maximum absolute atomic E-state index is 2.52. The molecule has 0 heteroatoms. The zero-order chi connectivity index (χ0) is 20.9. The summed E-state index contributed by atoms with van der Waals surface area (Å²) in [5.74, 6) is 0.555. The molecule has 0 aliphatic heterocycles. The monoisotopic (exact) mass is 396 g/mol. The van der Waals surface area contributed by atoms with Crippen molar-refractivity contribution in [3.8, 4) is 11.1 Å². The number of benzene rings is 3. The fourth-order valence-corrected chi connectivity index (χ4v) is 5.18. The Balaban J connectivity index is 1.76. The fraction of sp³-hybridized carbons (Fsp3) is 0.400. The normalized spacial score (nSPS) is 15.4. The predicted octanol–water partition coefficient (Wildman–Crippen LogP) is 8.09. The van der Waals surface area contributed by atoms with Gasteiger partial charge in [0.1, 0.15) is 0 Å². The molecule has 0 radical (unpaired) electrons. The number of unbranched alkanes of at least 4 members (excludes halogenated alkanes) is 2. The van der Waals surface area contributed by atoms with Gasteiger partial charge in [-0.15, -0.1) is 0 Å². The molecule has 0 bridgehead atoms. The molecule has 156 valence electrons. The van der Waals surface area contributed by atoms with Gasteiger partial charge < -0.3 is 0 Å². The van der Waals surface area contributed by atoms with Crippen LogP contribution in [0.2, 0.25) is 0 Å². The SMILES string of the molecule is CCCCCc1ccc2c(c1)CC(c1ccc(CC)cc1CC)Cc1ccccc1-2. The lowest BCUT2D eigenvalue weighted by atomic mass is 9.84. The minimum absolute atomic E-state index is 0.555. The van der Waals surface area contributed by atoms with E-state index in [9.17, 15) is 0 Å². The molecule has 0 fully saturated rings. The maximum Gasteiger partial charge on any atom is -0.00779 e. The minimum atomic E-state index is 0.555. The number of hydrogen-bond acceptors (Lipinski definition) is 0. The molecule has 1 atom stereocenters. The first-order valence-electron chi connectivity index (χ1n) is 12.0. The lowest BCUT2D eigenvalue weighted by Gasteiger charge is -2.20. The van der Waals surface area contributed by atoms with E-state index in [1.165, 1.54) is 53.5 Å². The standard InChI is InChI=1S/C30H36/c1-4-7-8-11-23-15-17-30-26(19-23)21-27(20-25-12-9-10-13-29(25)30)28-16-14-22(5-2)18-24(28)6-3/h9-10,12-19,27H,4-8,11,20-21H2,1-3H3. The molecule has 0 amide bonds. The van der Waals surface area contributed by atoms with Gasteiger partial charge in [-0.05, 0) is 89.0 Å². The molecule has 0 saturated carbocycles. The third kappa shape index (κ3) is 4.38. The second kappa shape index (κ2) is 9.65. The van der Waals surface area contributed by atoms with E-state index in [-0.39, 0.29) is 0 Å². The summed E-state index contributed by atoms with van der Waals surface area (Å²) in [5, 5.41) is 0. The van der Waals surface area contributed by atoms with Gasteiger partial charge in [0.05, 0.1) is 0 Å². The van der Waals surface area contributed by atoms with Crippen LogP contribution in [-0.4, -0.2) is 0 Å². The topological polar surface area (TPSA) is 0 Å². The lowest BCUT2D eigenvalue weighted by molar-refractivity contribution is 0.678. The molecule has 0 spiro atoms. The van der Waals surface area contributed by atoms with Gasteiger partial charge in [-0.25, -0.2) is 0 Å². The van der Waals surface area contributed by atoms with Gasteiger partial charge >= 0.3 is 0 Å². The number of rotatable bonds is 7. The third-order valence-corrected chi connectivity index (χ3v) is 6.92. The Morgan fingerprint density at radius 1 is 0.700 bits per heavy atom. The summed E-state index contributed by atoms with van der Waals surface area (Å²) in [7, 11) is 0. The summed E-state index contributed by atoms with van der Waals surface area (Å²) < 4.78 is 0. The van der Waals surface area contributed by atoms with Crippen molar-refractivity contribution in [3.05, 3.63) is 94.0 Å². The largest absolute Gasteiger partial charge is 0.0654 e. The summed E-state index contributed by atoms with van der Waals surface area (Å²) in [4.78, 5) is 0. The van der Waals surface area contributed by atoms with Crippen LogP contribution in [0.25, 0.3) is 11.1 Å². The molecule has 0 nitrogen and oxygen atoms in total. The average molecular weight is 397 g/mol. The van der Waals surface area contributed by atoms with Crippen molar-refractivity contribution in [2.45, 2.75) is 78.1 Å². The van der Waals surface area contributed by atoms with Gasteiger partial charge in [0.25, 0.3) is 0 Å². The van der Waals surface area contributed by atoms with Crippen LogP contribution in [0.4, 0.5) is 0 Å². The van der Waals surface area contributed by atoms with Crippen LogP contribution >= 0.6 is 0 Å². The number of hydrogen-bond donors (Lipinski definition) is 0. The highest BCUT2D eigenvalue weighted by Gasteiger charge is 2.24. The number of aryl methyl sites for hydroxylation is 3. The molecule has 30 heavy (non-hydrogen) atoms. The van der Waals surface area contributed by atoms with E-state index in [4.69, 9.17) is 0 Å². The Morgan fingerprint density at radius 2 is 1.47 bits per heavy atom. The van der Waals surface area contributed by atoms with Crippen molar-refractivity contribution in [1.82, 2.24) is 0 Å². The number of fused-ring (bicyclic) bond motifs is 3. The molecular weight excluding hydrogens is 360 g/mol. The molecule has 0 aromatic heterocycles. The van der Waals surface area contributed by atoms with Crippen molar-refractivity contribution in [3.63, 3.8) is 0 Å². The summed E-state index contributed by atoms with van der Waals surface area (Å²) in [6, 6.07) is 23.6. The molecule has 0 saturated heterocycles. The van der Waals surface area contributed by atoms with Gasteiger partial charge in [-0.1, -0.05) is 94.3 Å². The van der Waals surface area contributed by atoms with Crippen LogP contribution in [0.3, 0.4) is 0 Å². The van der Waals surface area contributed by atoms with Crippen LogP contribution < -0.4 is 0 Å². The molecule has 1 unspecified atom stereocenters. The van der Waals surface area contributed by atoms with E-state index in [0.29, 0.717) is 5.92 Å². The quantitative estimate of drug-likeness (QED) is 0.354. The highest BCUT2D eigenvalue weighted by molar-refractivity contribution is 5.72. The van der Waals surface area contributed by atoms with Crippen molar-refractivity contribution in [2.24, 2.45) is 0 Å². The average Bonchev–Trinajstić information content (AvgIpc) is 2.95. The second-order valence-electron chi connectivity index (χ2n) is 8.95. The molecule has 0 N–H and O–H groups in total. The highest BCUT2D eigenvalue weighted by atomic mass is 14.3. The molecule has 3 aromatic carbocycles. The predicted molar refractivity (Wildman–Crippen MR) is 130 cm³/mol. The van der Waals surface area contributed by atoms with Gasteiger partial charge in [0.15, 0.2) is 0 Å². The van der Waals surface area contributed by atoms with Crippen LogP contribution in [0.15, 0.2) is 60.7 Å². The Hall–Kier alpha value is -2.34. The first kappa shape index (κ1) is 20.9. The Bertz CT molecular complexity index is 995. The van der Waals surface area contributed by atoms with E-state index < -0.39 is 0 Å². The zero-order valence-corrected chi connectivity index (χ0v) is 19.0. The minimum Gasteiger partial charge on any atom is -0.0654 e. The third-order valence-electron chi connectivity index (χ3n) is 6.92. The summed E-state index contributed by atoms with van der Waals surface area (Å²) in [6.07, 6.45) is 9.63. The summed E-state index contributed by atoms with van der Waals surface area (Å²) in [6.45, 7) is 6.85. The van der Waals surface area contributed by atoms with Crippen LogP contribution in [-0.2, 0) is 32.1 Å². The second-order valence-corrected chi connectivity index (χ2v) is 8.95. The van der Waals surface area contributed by atoms with E-state index in [0.717, 1.165) is 25.7 Å². The van der Waals surface area contributed by atoms with Crippen molar-refractivity contribution in [2.75, 3.05) is 0 Å². The van der Waals surface area contributed by atoms with Crippen molar-refractivity contribution >= 4 is 0 Å². The van der Waals surface area contributed by atoms with Gasteiger partial charge in [-0.3, -0.25) is 0 Å². The van der Waals surface area contributed by atoms with Crippen LogP contribution in [0, 0.1) is 0 Å². The van der Waals surface area contributed by atoms with Crippen LogP contribution in [0.1, 0.15) is 79.3 Å². The molecule has 4 rings (SSSR count). The molecule has 3 aromatic rings. The first-order chi connectivity index (χ1) is 14.7.